The molecule has 7 rings (SSSR count). The molecule has 1 unspecified atom stereocenters. The molecule has 1 saturated heterocycles. The number of nitrogens with one attached hydrogen (secondary N) is 4. The van der Waals surface area contributed by atoms with Crippen molar-refractivity contribution >= 4 is 74.8 Å². The van der Waals surface area contributed by atoms with Crippen molar-refractivity contribution in [1.82, 2.24) is 20.2 Å². The molecule has 0 aliphatic carbocycles. The van der Waals surface area contributed by atoms with Gasteiger partial charge in [0.25, 0.3) is 11.8 Å². The number of rotatable bonds is 28. The van der Waals surface area contributed by atoms with E-state index in [-0.39, 0.29) is 61.7 Å². The van der Waals surface area contributed by atoms with E-state index in [0.717, 1.165) is 10.6 Å². The summed E-state index contributed by atoms with van der Waals surface area (Å²) < 4.78 is 39.6. The van der Waals surface area contributed by atoms with Gasteiger partial charge in [0.15, 0.2) is 0 Å². The van der Waals surface area contributed by atoms with Gasteiger partial charge in [0.05, 0.1) is 123 Å². The zero-order valence-corrected chi connectivity index (χ0v) is 39.7. The number of hydrogen-bond donors (Lipinski definition) is 4. The van der Waals surface area contributed by atoms with Gasteiger partial charge in [-0.3, -0.25) is 44.2 Å². The van der Waals surface area contributed by atoms with Gasteiger partial charge in [-0.25, -0.2) is 0 Å². The molecular formula is C50H53ClN8O12. The van der Waals surface area contributed by atoms with Gasteiger partial charge >= 0.3 is 0 Å². The largest absolute Gasteiger partial charge is 0.492 e. The number of aromatic nitrogens is 2. The van der Waals surface area contributed by atoms with E-state index in [2.05, 4.69) is 37.3 Å². The Morgan fingerprint density at radius 2 is 1.55 bits per heavy atom. The van der Waals surface area contributed by atoms with Gasteiger partial charge in [-0.05, 0) is 61.9 Å². The Morgan fingerprint density at radius 1 is 0.817 bits per heavy atom. The van der Waals surface area contributed by atoms with Gasteiger partial charge in [0, 0.05) is 48.2 Å². The summed E-state index contributed by atoms with van der Waals surface area (Å²) in [5, 5.41) is 22.5. The van der Waals surface area contributed by atoms with Crippen LogP contribution >= 0.6 is 11.6 Å². The number of nitriles is 1. The number of carbonyl (C=O) groups excluding carboxylic acids is 5. The lowest BCUT2D eigenvalue weighted by atomic mass is 10.0. The summed E-state index contributed by atoms with van der Waals surface area (Å²) in [6.07, 6.45) is 3.36. The number of fused-ring (bicyclic) bond motifs is 2. The minimum Gasteiger partial charge on any atom is -0.492 e. The van der Waals surface area contributed by atoms with E-state index in [1.165, 1.54) is 12.3 Å². The van der Waals surface area contributed by atoms with E-state index in [9.17, 15) is 29.2 Å². The Morgan fingerprint density at radius 3 is 2.23 bits per heavy atom. The molecule has 372 valence electrons. The third kappa shape index (κ3) is 14.0. The Hall–Kier alpha value is -7.25. The molecular weight excluding hydrogens is 940 g/mol. The van der Waals surface area contributed by atoms with Crippen LogP contribution in [0.1, 0.15) is 58.2 Å². The third-order valence-corrected chi connectivity index (χ3v) is 11.3. The maximum Gasteiger partial charge on any atom is 0.264 e. The molecule has 0 spiro atoms. The summed E-state index contributed by atoms with van der Waals surface area (Å²) in [5.41, 5.74) is 3.91. The molecule has 1 fully saturated rings. The molecule has 2 aliphatic heterocycles. The van der Waals surface area contributed by atoms with Crippen LogP contribution in [0.4, 0.5) is 22.7 Å². The Bertz CT molecular complexity index is 2740. The molecule has 4 heterocycles. The van der Waals surface area contributed by atoms with Gasteiger partial charge in [-0.1, -0.05) is 23.7 Å². The number of imide groups is 2. The van der Waals surface area contributed by atoms with Crippen LogP contribution in [-0.4, -0.2) is 130 Å². The highest BCUT2D eigenvalue weighted by Crippen LogP contribution is 2.38. The third-order valence-electron chi connectivity index (χ3n) is 11.0. The Kier molecular flexibility index (Phi) is 19.0. The van der Waals surface area contributed by atoms with Gasteiger partial charge in [0.1, 0.15) is 30.2 Å². The number of halogens is 1. The summed E-state index contributed by atoms with van der Waals surface area (Å²) in [6.45, 7) is 5.93. The molecule has 3 aromatic carbocycles. The molecule has 0 bridgehead atoms. The standard InChI is InChI=1S/C50H53ClN8O12/c1-2-70-43-28-39-36(47(32(29-52)30-55-39)56-33-9-11-42(37(51)26-33)71-31-34-6-3-4-14-53-34)27-40(43)57-45(61)13-16-65-18-20-67-22-24-69-25-23-68-21-19-66-17-15-54-38-8-5-7-35-46(38)50(64)59(49(35)63)41-10-12-44(60)58-48(41)62/h3-9,11,14,26-28,30,41,54H,2,10,12-13,15-25,31H2,1H3,(H,55,56)(H,57,61)(H,58,60,62). The molecule has 20 nitrogen and oxygen atoms in total. The van der Waals surface area contributed by atoms with E-state index in [4.69, 9.17) is 44.8 Å². The number of nitrogens with zero attached hydrogens (tertiary/aromatic N) is 4. The zero-order chi connectivity index (χ0) is 50.0. The topological polar surface area (TPSA) is 251 Å². The maximum atomic E-state index is 13.2. The molecule has 2 aromatic heterocycles. The number of hydrogen-bond acceptors (Lipinski definition) is 17. The summed E-state index contributed by atoms with van der Waals surface area (Å²) in [4.78, 5) is 72.9. The molecule has 5 amide bonds. The number of benzene rings is 3. The van der Waals surface area contributed by atoms with E-state index in [1.54, 1.807) is 48.7 Å². The van der Waals surface area contributed by atoms with Crippen molar-refractivity contribution in [1.29, 1.82) is 5.26 Å². The van der Waals surface area contributed by atoms with Gasteiger partial charge in [-0.15, -0.1) is 0 Å². The predicted molar refractivity (Wildman–Crippen MR) is 260 cm³/mol. The number of amides is 5. The van der Waals surface area contributed by atoms with Crippen LogP contribution in [0, 0.1) is 11.3 Å². The highest BCUT2D eigenvalue weighted by Gasteiger charge is 2.45. The maximum absolute atomic E-state index is 13.2. The minimum atomic E-state index is -1.03. The van der Waals surface area contributed by atoms with Crippen LogP contribution < -0.4 is 30.7 Å². The predicted octanol–water partition coefficient (Wildman–Crippen LogP) is 5.80. The number of anilines is 4. The second kappa shape index (κ2) is 26.1. The lowest BCUT2D eigenvalue weighted by Crippen LogP contribution is -2.54. The average Bonchev–Trinajstić information content (AvgIpc) is 3.62. The molecule has 2 aliphatic rings. The van der Waals surface area contributed by atoms with Crippen molar-refractivity contribution in [2.75, 3.05) is 95.2 Å². The second-order valence-corrected chi connectivity index (χ2v) is 16.2. The minimum absolute atomic E-state index is 0.0483. The first-order valence-corrected chi connectivity index (χ1v) is 23.4. The monoisotopic (exact) mass is 992 g/mol. The first kappa shape index (κ1) is 51.6. The summed E-state index contributed by atoms with van der Waals surface area (Å²) in [6, 6.07) is 20.2. The number of pyridine rings is 2. The fraction of sp³-hybridized carbons (Fsp3) is 0.360. The van der Waals surface area contributed by atoms with Crippen LogP contribution in [0.2, 0.25) is 5.02 Å². The highest BCUT2D eigenvalue weighted by atomic mass is 35.5. The molecule has 0 saturated carbocycles. The SMILES string of the molecule is CCOc1cc2ncc(C#N)c(Nc3ccc(OCc4ccccn4)c(Cl)c3)c2cc1NC(=O)CCOCCOCCOCCOCCOCCNc1cccc2c1C(=O)N(C1CCC(=O)NC1=O)C2=O. The van der Waals surface area contributed by atoms with E-state index in [1.807, 2.05) is 25.1 Å². The van der Waals surface area contributed by atoms with Crippen LogP contribution in [0.25, 0.3) is 10.9 Å². The van der Waals surface area contributed by atoms with Gasteiger partial charge < -0.3 is 49.1 Å². The lowest BCUT2D eigenvalue weighted by molar-refractivity contribution is -0.136. The van der Waals surface area contributed by atoms with E-state index in [0.29, 0.717) is 116 Å². The molecule has 1 atom stereocenters. The van der Waals surface area contributed by atoms with Crippen molar-refractivity contribution in [3.63, 3.8) is 0 Å². The van der Waals surface area contributed by atoms with Gasteiger partial charge in [0.2, 0.25) is 17.7 Å². The second-order valence-electron chi connectivity index (χ2n) is 15.8. The van der Waals surface area contributed by atoms with Crippen molar-refractivity contribution < 1.29 is 57.1 Å². The summed E-state index contributed by atoms with van der Waals surface area (Å²) in [5.74, 6) is -1.64. The van der Waals surface area contributed by atoms with E-state index >= 15 is 0 Å². The number of ether oxygens (including phenoxy) is 7. The fourth-order valence-corrected chi connectivity index (χ4v) is 7.80. The fourth-order valence-electron chi connectivity index (χ4n) is 7.57. The highest BCUT2D eigenvalue weighted by molar-refractivity contribution is 6.32. The Balaban J connectivity index is 0.739. The van der Waals surface area contributed by atoms with E-state index < -0.39 is 29.7 Å². The smallest absolute Gasteiger partial charge is 0.264 e. The van der Waals surface area contributed by atoms with Crippen LogP contribution in [0.15, 0.2) is 79.1 Å². The number of piperidine rings is 1. The number of carbonyl (C=O) groups is 5. The molecule has 0 radical (unpaired) electrons. The zero-order valence-electron chi connectivity index (χ0n) is 39.0. The average molecular weight is 993 g/mol. The van der Waals surface area contributed by atoms with Crippen molar-refractivity contribution in [2.45, 2.75) is 38.8 Å². The normalized spacial score (nSPS) is 14.3. The quantitative estimate of drug-likeness (QED) is 0.0341. The molecule has 71 heavy (non-hydrogen) atoms. The van der Waals surface area contributed by atoms with Crippen molar-refractivity contribution in [3.8, 4) is 17.6 Å². The van der Waals surface area contributed by atoms with Crippen LogP contribution in [-0.2, 0) is 44.7 Å². The molecule has 21 heteroatoms. The molecule has 4 N–H and O–H groups in total. The van der Waals surface area contributed by atoms with Crippen molar-refractivity contribution in [3.05, 3.63) is 107 Å². The first-order chi connectivity index (χ1) is 34.6. The van der Waals surface area contributed by atoms with Gasteiger partial charge in [-0.2, -0.15) is 5.26 Å². The Labute approximate surface area is 414 Å². The lowest BCUT2D eigenvalue weighted by Gasteiger charge is -2.27. The summed E-state index contributed by atoms with van der Waals surface area (Å²) in [7, 11) is 0. The first-order valence-electron chi connectivity index (χ1n) is 23.0. The van der Waals surface area contributed by atoms with Crippen LogP contribution in [0.3, 0.4) is 0 Å². The van der Waals surface area contributed by atoms with Crippen molar-refractivity contribution in [2.24, 2.45) is 0 Å². The molecule has 5 aromatic rings. The summed E-state index contributed by atoms with van der Waals surface area (Å²) >= 11 is 6.58. The van der Waals surface area contributed by atoms with Crippen LogP contribution in [0.5, 0.6) is 11.5 Å².